The molecule has 1 aromatic carbocycles. The molecule has 0 bridgehead atoms. The van der Waals surface area contributed by atoms with Crippen molar-refractivity contribution in [2.75, 3.05) is 0 Å². The van der Waals surface area contributed by atoms with Crippen LogP contribution in [0.25, 0.3) is 0 Å². The molecule has 0 aromatic heterocycles. The van der Waals surface area contributed by atoms with Gasteiger partial charge in [-0.05, 0) is 36.5 Å². The Morgan fingerprint density at radius 3 is 2.75 bits per heavy atom. The van der Waals surface area contributed by atoms with Gasteiger partial charge in [0.15, 0.2) is 0 Å². The summed E-state index contributed by atoms with van der Waals surface area (Å²) >= 11 is 3.45. The van der Waals surface area contributed by atoms with Crippen LogP contribution in [0.4, 0.5) is 0 Å². The summed E-state index contributed by atoms with van der Waals surface area (Å²) in [6, 6.07) is 8.05. The van der Waals surface area contributed by atoms with Gasteiger partial charge in [0.05, 0.1) is 6.04 Å². The molecule has 2 nitrogen and oxygen atoms in total. The molecule has 0 N–H and O–H groups in total. The van der Waals surface area contributed by atoms with Crippen molar-refractivity contribution in [1.82, 2.24) is 0 Å². The Hall–Kier alpha value is -0.920. The molecular weight excluding hydrogens is 266 g/mol. The summed E-state index contributed by atoms with van der Waals surface area (Å²) in [5.41, 5.74) is 1.12. The minimum absolute atomic E-state index is 0.00231. The van der Waals surface area contributed by atoms with Crippen molar-refractivity contribution >= 4 is 22.0 Å². The molecular formula is C13H14BrNO. The lowest BCUT2D eigenvalue weighted by atomic mass is 9.92. The molecule has 1 fully saturated rings. The third-order valence-electron chi connectivity index (χ3n) is 3.23. The molecule has 0 radical (unpaired) electrons. The average molecular weight is 280 g/mol. The molecule has 1 aliphatic rings. The Kier molecular flexibility index (Phi) is 3.92. The highest BCUT2D eigenvalue weighted by Crippen LogP contribution is 2.38. The molecule has 1 unspecified atom stereocenters. The molecule has 1 aliphatic carbocycles. The Bertz CT molecular complexity index is 406. The van der Waals surface area contributed by atoms with E-state index < -0.39 is 0 Å². The summed E-state index contributed by atoms with van der Waals surface area (Å²) in [6.07, 6.45) is 6.57. The second-order valence-corrected chi connectivity index (χ2v) is 5.18. The van der Waals surface area contributed by atoms with E-state index in [0.717, 1.165) is 10.0 Å². The van der Waals surface area contributed by atoms with E-state index in [0.29, 0.717) is 5.92 Å². The van der Waals surface area contributed by atoms with Gasteiger partial charge in [-0.3, -0.25) is 0 Å². The fourth-order valence-corrected chi connectivity index (χ4v) is 2.89. The Morgan fingerprint density at radius 1 is 1.38 bits per heavy atom. The topological polar surface area (TPSA) is 29.4 Å². The van der Waals surface area contributed by atoms with Crippen molar-refractivity contribution in [2.24, 2.45) is 10.9 Å². The summed E-state index contributed by atoms with van der Waals surface area (Å²) in [7, 11) is 0. The van der Waals surface area contributed by atoms with Crippen LogP contribution in [0.2, 0.25) is 0 Å². The first-order chi connectivity index (χ1) is 7.81. The van der Waals surface area contributed by atoms with E-state index in [1.165, 1.54) is 25.7 Å². The van der Waals surface area contributed by atoms with E-state index in [1.807, 2.05) is 24.3 Å². The first kappa shape index (κ1) is 11.6. The SMILES string of the molecule is O=C=NC(c1cccc(Br)c1)C1CCCC1. The lowest BCUT2D eigenvalue weighted by molar-refractivity contribution is 0.442. The molecule has 16 heavy (non-hydrogen) atoms. The smallest absolute Gasteiger partial charge is 0.211 e. The molecule has 1 atom stereocenters. The highest BCUT2D eigenvalue weighted by atomic mass is 79.9. The van der Waals surface area contributed by atoms with Gasteiger partial charge in [-0.2, -0.15) is 4.99 Å². The Balaban J connectivity index is 2.27. The summed E-state index contributed by atoms with van der Waals surface area (Å²) in [4.78, 5) is 14.5. The summed E-state index contributed by atoms with van der Waals surface area (Å²) in [5.74, 6) is 0.510. The van der Waals surface area contributed by atoms with Crippen LogP contribution in [0.1, 0.15) is 37.3 Å². The predicted octanol–water partition coefficient (Wildman–Crippen LogP) is 4.02. The van der Waals surface area contributed by atoms with E-state index in [9.17, 15) is 4.79 Å². The standard InChI is InChI=1S/C13H14BrNO/c14-12-7-3-6-11(8-12)13(15-9-16)10-4-1-2-5-10/h3,6-8,10,13H,1-2,4-5H2. The molecule has 3 heteroatoms. The number of hydrogen-bond donors (Lipinski definition) is 0. The molecule has 0 spiro atoms. The zero-order chi connectivity index (χ0) is 11.4. The monoisotopic (exact) mass is 279 g/mol. The minimum atomic E-state index is -0.00231. The van der Waals surface area contributed by atoms with E-state index in [-0.39, 0.29) is 6.04 Å². The molecule has 0 amide bonds. The van der Waals surface area contributed by atoms with Crippen LogP contribution in [0.3, 0.4) is 0 Å². The summed E-state index contributed by atoms with van der Waals surface area (Å²) in [5, 5.41) is 0. The molecule has 1 aromatic rings. The van der Waals surface area contributed by atoms with E-state index >= 15 is 0 Å². The predicted molar refractivity (Wildman–Crippen MR) is 67.0 cm³/mol. The average Bonchev–Trinajstić information content (AvgIpc) is 2.79. The third-order valence-corrected chi connectivity index (χ3v) is 3.72. The number of hydrogen-bond acceptors (Lipinski definition) is 2. The maximum Gasteiger partial charge on any atom is 0.235 e. The maximum absolute atomic E-state index is 10.5. The van der Waals surface area contributed by atoms with Gasteiger partial charge in [0, 0.05) is 4.47 Å². The second-order valence-electron chi connectivity index (χ2n) is 4.26. The van der Waals surface area contributed by atoms with Crippen LogP contribution in [-0.4, -0.2) is 6.08 Å². The number of aliphatic imine (C=N–C) groups is 1. The van der Waals surface area contributed by atoms with Crippen molar-refractivity contribution in [1.29, 1.82) is 0 Å². The van der Waals surface area contributed by atoms with Gasteiger partial charge in [0.25, 0.3) is 0 Å². The maximum atomic E-state index is 10.5. The molecule has 1 saturated carbocycles. The van der Waals surface area contributed by atoms with Crippen LogP contribution < -0.4 is 0 Å². The Labute approximate surface area is 104 Å². The van der Waals surface area contributed by atoms with Gasteiger partial charge in [0.1, 0.15) is 0 Å². The van der Waals surface area contributed by atoms with E-state index in [2.05, 4.69) is 20.9 Å². The highest BCUT2D eigenvalue weighted by Gasteiger charge is 2.26. The highest BCUT2D eigenvalue weighted by molar-refractivity contribution is 9.10. The summed E-state index contributed by atoms with van der Waals surface area (Å²) in [6.45, 7) is 0. The zero-order valence-corrected chi connectivity index (χ0v) is 10.6. The first-order valence-corrected chi connectivity index (χ1v) is 6.43. The van der Waals surface area contributed by atoms with E-state index in [1.54, 1.807) is 6.08 Å². The van der Waals surface area contributed by atoms with Crippen LogP contribution >= 0.6 is 15.9 Å². The largest absolute Gasteiger partial charge is 0.235 e. The molecule has 84 valence electrons. The number of carbonyl (C=O) groups excluding carboxylic acids is 1. The fraction of sp³-hybridized carbons (Fsp3) is 0.462. The lowest BCUT2D eigenvalue weighted by Crippen LogP contribution is -2.07. The van der Waals surface area contributed by atoms with Gasteiger partial charge in [-0.15, -0.1) is 0 Å². The summed E-state index contributed by atoms with van der Waals surface area (Å²) < 4.78 is 1.04. The number of isocyanates is 1. The van der Waals surface area contributed by atoms with Crippen molar-refractivity contribution in [3.63, 3.8) is 0 Å². The number of benzene rings is 1. The number of rotatable bonds is 3. The van der Waals surface area contributed by atoms with Crippen molar-refractivity contribution in [3.05, 3.63) is 34.3 Å². The van der Waals surface area contributed by atoms with Gasteiger partial charge in [0.2, 0.25) is 6.08 Å². The molecule has 0 heterocycles. The van der Waals surface area contributed by atoms with Gasteiger partial charge in [-0.1, -0.05) is 40.9 Å². The van der Waals surface area contributed by atoms with Crippen molar-refractivity contribution < 1.29 is 4.79 Å². The van der Waals surface area contributed by atoms with Crippen LogP contribution in [0.5, 0.6) is 0 Å². The number of halogens is 1. The number of nitrogens with zero attached hydrogens (tertiary/aromatic N) is 1. The van der Waals surface area contributed by atoms with Gasteiger partial charge < -0.3 is 0 Å². The third kappa shape index (κ3) is 2.60. The molecule has 0 saturated heterocycles. The van der Waals surface area contributed by atoms with Crippen molar-refractivity contribution in [2.45, 2.75) is 31.7 Å². The second kappa shape index (κ2) is 5.42. The van der Waals surface area contributed by atoms with E-state index in [4.69, 9.17) is 0 Å². The van der Waals surface area contributed by atoms with Gasteiger partial charge >= 0.3 is 0 Å². The lowest BCUT2D eigenvalue weighted by Gasteiger charge is -2.18. The zero-order valence-electron chi connectivity index (χ0n) is 9.03. The normalized spacial score (nSPS) is 18.1. The van der Waals surface area contributed by atoms with Crippen LogP contribution in [0, 0.1) is 5.92 Å². The molecule has 2 rings (SSSR count). The van der Waals surface area contributed by atoms with Crippen molar-refractivity contribution in [3.8, 4) is 0 Å². The first-order valence-electron chi connectivity index (χ1n) is 5.63. The van der Waals surface area contributed by atoms with Crippen LogP contribution in [0.15, 0.2) is 33.7 Å². The Morgan fingerprint density at radius 2 is 2.12 bits per heavy atom. The molecule has 0 aliphatic heterocycles. The minimum Gasteiger partial charge on any atom is -0.211 e. The quantitative estimate of drug-likeness (QED) is 0.607. The van der Waals surface area contributed by atoms with Crippen LogP contribution in [-0.2, 0) is 4.79 Å². The van der Waals surface area contributed by atoms with Gasteiger partial charge in [-0.25, -0.2) is 4.79 Å². The fourth-order valence-electron chi connectivity index (χ4n) is 2.47.